The van der Waals surface area contributed by atoms with Crippen molar-refractivity contribution in [1.29, 1.82) is 0 Å². The predicted molar refractivity (Wildman–Crippen MR) is 81.5 cm³/mol. The van der Waals surface area contributed by atoms with E-state index < -0.39 is 36.7 Å². The third-order valence-electron chi connectivity index (χ3n) is 5.18. The molecule has 0 aromatic carbocycles. The number of aliphatic hydroxyl groups is 2. The largest absolute Gasteiger partial charge is 0.391 e. The lowest BCUT2D eigenvalue weighted by Gasteiger charge is -2.46. The highest BCUT2D eigenvalue weighted by Gasteiger charge is 2.46. The molecule has 0 bridgehead atoms. The fourth-order valence-corrected chi connectivity index (χ4v) is 3.32. The van der Waals surface area contributed by atoms with E-state index in [1.54, 1.807) is 0 Å². The molecule has 130 valence electrons. The van der Waals surface area contributed by atoms with Gasteiger partial charge in [-0.2, -0.15) is 0 Å². The summed E-state index contributed by atoms with van der Waals surface area (Å²) in [7, 11) is 0. The van der Waals surface area contributed by atoms with E-state index in [0.717, 1.165) is 0 Å². The highest BCUT2D eigenvalue weighted by molar-refractivity contribution is 4.97. The summed E-state index contributed by atoms with van der Waals surface area (Å²) in [6.45, 7) is 3.95. The second-order valence-corrected chi connectivity index (χ2v) is 6.72. The van der Waals surface area contributed by atoms with Gasteiger partial charge in [0, 0.05) is 24.5 Å². The van der Waals surface area contributed by atoms with Crippen LogP contribution in [0.5, 0.6) is 0 Å². The molecule has 2 rings (SSSR count). The summed E-state index contributed by atoms with van der Waals surface area (Å²) in [4.78, 5) is 0. The molecule has 1 aliphatic carbocycles. The molecule has 10 N–H and O–H groups in total. The molecule has 1 heterocycles. The van der Waals surface area contributed by atoms with Crippen molar-refractivity contribution in [1.82, 2.24) is 0 Å². The van der Waals surface area contributed by atoms with Crippen LogP contribution in [-0.2, 0) is 9.47 Å². The molecule has 0 aromatic heterocycles. The molecule has 10 unspecified atom stereocenters. The lowest BCUT2D eigenvalue weighted by Crippen LogP contribution is -2.64. The van der Waals surface area contributed by atoms with Gasteiger partial charge < -0.3 is 42.6 Å². The molecule has 22 heavy (non-hydrogen) atoms. The van der Waals surface area contributed by atoms with E-state index in [2.05, 4.69) is 0 Å². The fourth-order valence-electron chi connectivity index (χ4n) is 3.32. The predicted octanol–water partition coefficient (Wildman–Crippen LogP) is -2.57. The lowest BCUT2D eigenvalue weighted by molar-refractivity contribution is -0.274. The first-order chi connectivity index (χ1) is 10.3. The lowest BCUT2D eigenvalue weighted by atomic mass is 9.79. The zero-order chi connectivity index (χ0) is 16.6. The van der Waals surface area contributed by atoms with Crippen LogP contribution >= 0.6 is 0 Å². The number of hydrogen-bond donors (Lipinski definition) is 6. The van der Waals surface area contributed by atoms with Gasteiger partial charge in [0.1, 0.15) is 6.10 Å². The molecule has 1 saturated heterocycles. The van der Waals surface area contributed by atoms with Gasteiger partial charge in [-0.1, -0.05) is 13.8 Å². The van der Waals surface area contributed by atoms with Crippen LogP contribution in [0, 0.1) is 11.8 Å². The minimum atomic E-state index is -0.855. The van der Waals surface area contributed by atoms with E-state index in [1.165, 1.54) is 0 Å². The maximum Gasteiger partial charge on any atom is 0.176 e. The first kappa shape index (κ1) is 18.0. The summed E-state index contributed by atoms with van der Waals surface area (Å²) in [5.41, 5.74) is 23.7. The summed E-state index contributed by atoms with van der Waals surface area (Å²) in [5, 5.41) is 20.6. The molecule has 0 radical (unpaired) electrons. The monoisotopic (exact) mass is 318 g/mol. The van der Waals surface area contributed by atoms with E-state index in [0.29, 0.717) is 6.42 Å². The Morgan fingerprint density at radius 3 is 2.27 bits per heavy atom. The Hall–Kier alpha value is -0.320. The Kier molecular flexibility index (Phi) is 5.79. The summed E-state index contributed by atoms with van der Waals surface area (Å²) in [5.74, 6) is -0.323. The van der Waals surface area contributed by atoms with Crippen molar-refractivity contribution >= 4 is 0 Å². The number of rotatable bonds is 3. The maximum absolute atomic E-state index is 10.4. The van der Waals surface area contributed by atoms with Crippen molar-refractivity contribution in [3.8, 4) is 0 Å². The molecule has 0 spiro atoms. The normalized spacial score (nSPS) is 53.5. The van der Waals surface area contributed by atoms with Crippen LogP contribution in [0.2, 0.25) is 0 Å². The third kappa shape index (κ3) is 3.29. The van der Waals surface area contributed by atoms with Gasteiger partial charge in [0.25, 0.3) is 0 Å². The number of nitrogens with two attached hydrogens (primary N) is 4. The van der Waals surface area contributed by atoms with E-state index in [-0.39, 0.29) is 30.5 Å². The molecular formula is C14H30N4O4. The standard InChI is InChI=1S/C14H30N4O4/c1-5-7(16)3-8(17)13(12(5)20)22-14-10(18)11(19)6(2)9(4-15)21-14/h5-14,19-20H,3-4,15-18H2,1-2H3. The highest BCUT2D eigenvalue weighted by Crippen LogP contribution is 2.30. The molecular weight excluding hydrogens is 288 g/mol. The molecule has 10 atom stereocenters. The van der Waals surface area contributed by atoms with Crippen molar-refractivity contribution in [3.63, 3.8) is 0 Å². The zero-order valence-corrected chi connectivity index (χ0v) is 13.2. The van der Waals surface area contributed by atoms with Gasteiger partial charge in [-0.05, 0) is 12.3 Å². The molecule has 1 saturated carbocycles. The maximum atomic E-state index is 10.4. The van der Waals surface area contributed by atoms with Gasteiger partial charge in [-0.25, -0.2) is 0 Å². The average Bonchev–Trinajstić information content (AvgIpc) is 2.49. The Morgan fingerprint density at radius 1 is 1.05 bits per heavy atom. The smallest absolute Gasteiger partial charge is 0.176 e. The second-order valence-electron chi connectivity index (χ2n) is 6.72. The number of aliphatic hydroxyl groups excluding tert-OH is 2. The Bertz CT molecular complexity index is 373. The van der Waals surface area contributed by atoms with Crippen LogP contribution in [0.15, 0.2) is 0 Å². The van der Waals surface area contributed by atoms with Gasteiger partial charge in [-0.15, -0.1) is 0 Å². The highest BCUT2D eigenvalue weighted by atomic mass is 16.7. The summed E-state index contributed by atoms with van der Waals surface area (Å²) < 4.78 is 11.6. The van der Waals surface area contributed by atoms with Crippen LogP contribution in [0.25, 0.3) is 0 Å². The minimum Gasteiger partial charge on any atom is -0.391 e. The van der Waals surface area contributed by atoms with E-state index in [9.17, 15) is 10.2 Å². The van der Waals surface area contributed by atoms with E-state index in [1.807, 2.05) is 13.8 Å². The second kappa shape index (κ2) is 7.06. The first-order valence-electron chi connectivity index (χ1n) is 7.91. The zero-order valence-electron chi connectivity index (χ0n) is 13.2. The minimum absolute atomic E-state index is 0.140. The number of hydrogen-bond acceptors (Lipinski definition) is 8. The molecule has 1 aliphatic heterocycles. The Labute approximate surface area is 131 Å². The fraction of sp³-hybridized carbons (Fsp3) is 1.00. The first-order valence-corrected chi connectivity index (χ1v) is 7.91. The summed E-state index contributed by atoms with van der Waals surface area (Å²) in [6.07, 6.45) is -2.89. The molecule has 8 heteroatoms. The molecule has 8 nitrogen and oxygen atoms in total. The van der Waals surface area contributed by atoms with Crippen molar-refractivity contribution in [2.24, 2.45) is 34.8 Å². The van der Waals surface area contributed by atoms with Crippen molar-refractivity contribution in [3.05, 3.63) is 0 Å². The summed E-state index contributed by atoms with van der Waals surface area (Å²) >= 11 is 0. The topological polar surface area (TPSA) is 163 Å². The van der Waals surface area contributed by atoms with Crippen LogP contribution < -0.4 is 22.9 Å². The van der Waals surface area contributed by atoms with Crippen LogP contribution in [0.4, 0.5) is 0 Å². The molecule has 0 aromatic rings. The Balaban J connectivity index is 2.08. The van der Waals surface area contributed by atoms with Crippen molar-refractivity contribution in [2.45, 2.75) is 69.1 Å². The van der Waals surface area contributed by atoms with Crippen molar-refractivity contribution in [2.75, 3.05) is 6.54 Å². The van der Waals surface area contributed by atoms with Gasteiger partial charge in [0.15, 0.2) is 6.29 Å². The Morgan fingerprint density at radius 2 is 1.68 bits per heavy atom. The van der Waals surface area contributed by atoms with E-state index in [4.69, 9.17) is 32.4 Å². The van der Waals surface area contributed by atoms with Crippen LogP contribution in [-0.4, -0.2) is 65.6 Å². The van der Waals surface area contributed by atoms with Crippen LogP contribution in [0.3, 0.4) is 0 Å². The quantitative estimate of drug-likeness (QED) is 0.331. The van der Waals surface area contributed by atoms with Crippen LogP contribution in [0.1, 0.15) is 20.3 Å². The number of ether oxygens (including phenoxy) is 2. The van der Waals surface area contributed by atoms with Crippen molar-refractivity contribution < 1.29 is 19.7 Å². The SMILES string of the molecule is CC1C(CN)OC(OC2C(N)CC(N)C(C)C2O)C(N)C1O. The van der Waals surface area contributed by atoms with Gasteiger partial charge in [0.2, 0.25) is 0 Å². The molecule has 2 aliphatic rings. The summed E-state index contributed by atoms with van der Waals surface area (Å²) in [6, 6.07) is -1.30. The molecule has 0 amide bonds. The van der Waals surface area contributed by atoms with Gasteiger partial charge in [0.05, 0.1) is 24.4 Å². The molecule has 2 fully saturated rings. The van der Waals surface area contributed by atoms with Gasteiger partial charge in [-0.3, -0.25) is 0 Å². The van der Waals surface area contributed by atoms with Gasteiger partial charge >= 0.3 is 0 Å². The average molecular weight is 318 g/mol. The van der Waals surface area contributed by atoms with E-state index >= 15 is 0 Å². The third-order valence-corrected chi connectivity index (χ3v) is 5.18.